The highest BCUT2D eigenvalue weighted by molar-refractivity contribution is 7.80. The van der Waals surface area contributed by atoms with Gasteiger partial charge in [-0.25, -0.2) is 28.0 Å². The molecule has 0 unspecified atom stereocenters. The molecule has 33 heteroatoms. The summed E-state index contributed by atoms with van der Waals surface area (Å²) in [6.45, 7) is 10.1. The van der Waals surface area contributed by atoms with E-state index in [-0.39, 0.29) is 99.6 Å². The Hall–Kier alpha value is -8.14. The topological polar surface area (TPSA) is 376 Å². The number of urea groups is 1. The van der Waals surface area contributed by atoms with E-state index in [0.29, 0.717) is 29.2 Å². The lowest BCUT2D eigenvalue weighted by atomic mass is 9.83. The van der Waals surface area contributed by atoms with Crippen LogP contribution in [0.1, 0.15) is 102 Å². The minimum absolute atomic E-state index is 0.0305. The molecule has 0 radical (unpaired) electrons. The highest BCUT2D eigenvalue weighted by Gasteiger charge is 2.64. The number of carbonyl (C=O) groups excluding carboxylic acids is 10. The number of methoxy groups -OCH3 is 2. The van der Waals surface area contributed by atoms with E-state index < -0.39 is 155 Å². The Labute approximate surface area is 558 Å². The van der Waals surface area contributed by atoms with E-state index in [9.17, 15) is 53.1 Å². The van der Waals surface area contributed by atoms with Crippen LogP contribution in [0.15, 0.2) is 48.1 Å². The van der Waals surface area contributed by atoms with Crippen LogP contribution < -0.4 is 47.3 Å². The molecule has 3 fully saturated rings. The van der Waals surface area contributed by atoms with Gasteiger partial charge in [-0.05, 0) is 81.9 Å². The number of hydroxylamine groups is 2. The number of hydrogen-bond donors (Lipinski definition) is 8. The quantitative estimate of drug-likeness (QED) is 0.0220. The number of fused-ring (bicyclic) bond motifs is 5. The molecule has 4 bridgehead atoms. The summed E-state index contributed by atoms with van der Waals surface area (Å²) in [4.78, 5) is 137. The number of likely N-dealkylation sites (N-methyl/N-ethyl adjacent to an activating group) is 1. The number of allylic oxidation sites excluding steroid dienone is 3. The van der Waals surface area contributed by atoms with Crippen molar-refractivity contribution < 1.29 is 99.8 Å². The number of alkyl carbamates (subject to hydrolysis) is 1. The van der Waals surface area contributed by atoms with Crippen molar-refractivity contribution in [3.63, 3.8) is 0 Å². The van der Waals surface area contributed by atoms with Gasteiger partial charge in [0, 0.05) is 65.5 Å². The molecule has 9 amide bonds. The summed E-state index contributed by atoms with van der Waals surface area (Å²) in [7, 11) is 5.36. The molecule has 4 aliphatic heterocycles. The summed E-state index contributed by atoms with van der Waals surface area (Å²) in [6, 6.07) is -0.486. The van der Waals surface area contributed by atoms with Crippen LogP contribution in [0.25, 0.3) is 0 Å². The number of epoxide rings is 1. The van der Waals surface area contributed by atoms with Crippen molar-refractivity contribution in [1.29, 1.82) is 0 Å². The van der Waals surface area contributed by atoms with Gasteiger partial charge in [0.05, 0.1) is 69.4 Å². The number of carbonyl (C=O) groups is 10. The SMILES string of the molecule is COc1cc2cc(c1Cl)N(C)C(=O)C[C@H](OC(=O)[C@H](C)N(C)C(=O)c1cc(F)c(NC(=O)[C@H](CCCNC(N)=O)NC(=O)[C@@H](NC(=S)NCCOCCOCCC(=O)ON3C(=O)CCC3=O)C(C)C)cc1F)[C@]1(C)O[C@H]1[C@H](C)[C@@H]1C[C@@](O)(NC(=O)O1)[C@H](OC)/C=C/C=C(\C)C2. The zero-order chi connectivity index (χ0) is 70.2. The van der Waals surface area contributed by atoms with E-state index in [2.05, 4.69) is 31.9 Å². The lowest BCUT2D eigenvalue weighted by Crippen LogP contribution is -2.63. The second kappa shape index (κ2) is 34.0. The minimum Gasteiger partial charge on any atom is -0.495 e. The summed E-state index contributed by atoms with van der Waals surface area (Å²) in [5.41, 5.74) is 1.91. The average Bonchev–Trinajstić information content (AvgIpc) is 1.58. The number of primary amides is 1. The Bertz CT molecular complexity index is 3280. The second-order valence-corrected chi connectivity index (χ2v) is 24.5. The van der Waals surface area contributed by atoms with Crippen molar-refractivity contribution in [2.24, 2.45) is 17.6 Å². The molecule has 2 aromatic rings. The number of rotatable bonds is 26. The van der Waals surface area contributed by atoms with Crippen LogP contribution in [0, 0.1) is 23.5 Å². The monoisotopic (exact) mass is 1380 g/mol. The number of esters is 1. The molecule has 2 aromatic carbocycles. The summed E-state index contributed by atoms with van der Waals surface area (Å²) in [5, 5.41) is 28.0. The lowest BCUT2D eigenvalue weighted by molar-refractivity contribution is -0.198. The number of aliphatic hydroxyl groups is 1. The van der Waals surface area contributed by atoms with E-state index >= 15 is 8.78 Å². The molecule has 0 aromatic heterocycles. The molecule has 6 rings (SSSR count). The van der Waals surface area contributed by atoms with Crippen LogP contribution in [0.5, 0.6) is 5.75 Å². The van der Waals surface area contributed by atoms with Crippen molar-refractivity contribution in [1.82, 2.24) is 36.5 Å². The fourth-order valence-electron chi connectivity index (χ4n) is 10.7. The van der Waals surface area contributed by atoms with Crippen molar-refractivity contribution in [2.75, 3.05) is 78.0 Å². The normalized spacial score (nSPS) is 23.9. The van der Waals surface area contributed by atoms with Gasteiger partial charge in [0.25, 0.3) is 17.7 Å². The highest BCUT2D eigenvalue weighted by Crippen LogP contribution is 2.49. The summed E-state index contributed by atoms with van der Waals surface area (Å²) in [6.07, 6.45) is -1.10. The molecule has 29 nitrogen and oxygen atoms in total. The van der Waals surface area contributed by atoms with Crippen molar-refractivity contribution >= 4 is 99.8 Å². The summed E-state index contributed by atoms with van der Waals surface area (Å²) in [5.74, 6) is -10.3. The molecule has 9 N–H and O–H groups in total. The van der Waals surface area contributed by atoms with E-state index in [4.69, 9.17) is 67.5 Å². The third kappa shape index (κ3) is 20.2. The van der Waals surface area contributed by atoms with Crippen molar-refractivity contribution in [3.8, 4) is 5.75 Å². The number of halogens is 3. The van der Waals surface area contributed by atoms with Gasteiger partial charge in [0.2, 0.25) is 17.7 Å². The molecule has 522 valence electrons. The predicted molar refractivity (Wildman–Crippen MR) is 340 cm³/mol. The number of nitrogens with zero attached hydrogens (tertiary/aromatic N) is 3. The van der Waals surface area contributed by atoms with Crippen LogP contribution in [-0.2, 0) is 73.2 Å². The van der Waals surface area contributed by atoms with Gasteiger partial charge in [0.1, 0.15) is 64.4 Å². The molecule has 3 saturated heterocycles. The van der Waals surface area contributed by atoms with Gasteiger partial charge in [0.15, 0.2) is 10.8 Å². The molecule has 0 saturated carbocycles. The first-order chi connectivity index (χ1) is 44.8. The molecule has 10 atom stereocenters. The average molecular weight is 1380 g/mol. The van der Waals surface area contributed by atoms with E-state index in [0.717, 1.165) is 17.5 Å². The maximum Gasteiger partial charge on any atom is 0.409 e. The first kappa shape index (κ1) is 75.9. The Morgan fingerprint density at radius 3 is 2.27 bits per heavy atom. The van der Waals surface area contributed by atoms with E-state index in [1.165, 1.54) is 33.1 Å². The second-order valence-electron chi connectivity index (χ2n) is 23.8. The maximum atomic E-state index is 16.2. The summed E-state index contributed by atoms with van der Waals surface area (Å²) >= 11 is 12.2. The van der Waals surface area contributed by atoms with Crippen molar-refractivity contribution in [3.05, 3.63) is 75.9 Å². The number of nitrogens with two attached hydrogens (primary N) is 1. The number of thiocarbonyl (C=S) groups is 1. The van der Waals surface area contributed by atoms with Crippen LogP contribution >= 0.6 is 23.8 Å². The summed E-state index contributed by atoms with van der Waals surface area (Å²) < 4.78 is 72.5. The van der Waals surface area contributed by atoms with E-state index in [1.54, 1.807) is 58.1 Å². The zero-order valence-corrected chi connectivity index (χ0v) is 56.0. The Balaban J connectivity index is 1.11. The van der Waals surface area contributed by atoms with Gasteiger partial charge in [-0.3, -0.25) is 34.1 Å². The number of anilines is 2. The van der Waals surface area contributed by atoms with Crippen LogP contribution in [0.4, 0.5) is 29.7 Å². The first-order valence-electron chi connectivity index (χ1n) is 30.6. The van der Waals surface area contributed by atoms with Gasteiger partial charge >= 0.3 is 24.1 Å². The number of imide groups is 1. The van der Waals surface area contributed by atoms with Crippen LogP contribution in [0.2, 0.25) is 5.02 Å². The largest absolute Gasteiger partial charge is 0.495 e. The highest BCUT2D eigenvalue weighted by atomic mass is 35.5. The van der Waals surface area contributed by atoms with Crippen molar-refractivity contribution in [2.45, 2.75) is 147 Å². The zero-order valence-electron chi connectivity index (χ0n) is 54.4. The molecule has 4 aliphatic rings. The Morgan fingerprint density at radius 2 is 1.62 bits per heavy atom. The Morgan fingerprint density at radius 1 is 0.937 bits per heavy atom. The third-order valence-corrected chi connectivity index (χ3v) is 17.0. The lowest BCUT2D eigenvalue weighted by Gasteiger charge is -2.42. The fourth-order valence-corrected chi connectivity index (χ4v) is 11.2. The van der Waals surface area contributed by atoms with Gasteiger partial charge in [-0.1, -0.05) is 56.2 Å². The fraction of sp³-hybridized carbons (Fsp3) is 0.565. The van der Waals surface area contributed by atoms with Gasteiger partial charge < -0.3 is 85.2 Å². The van der Waals surface area contributed by atoms with Gasteiger partial charge in [-0.2, -0.15) is 0 Å². The molecular formula is C62H83ClF2N10O19S. The molecule has 0 spiro atoms. The third-order valence-electron chi connectivity index (χ3n) is 16.4. The molecular weight excluding hydrogens is 1290 g/mol. The number of ether oxygens (including phenoxy) is 7. The molecule has 4 heterocycles. The predicted octanol–water partition coefficient (Wildman–Crippen LogP) is 3.50. The molecule has 95 heavy (non-hydrogen) atoms. The smallest absolute Gasteiger partial charge is 0.409 e. The first-order valence-corrected chi connectivity index (χ1v) is 31.4. The number of benzene rings is 2. The van der Waals surface area contributed by atoms with Gasteiger partial charge in [-0.15, -0.1) is 5.06 Å². The number of nitrogens with one attached hydrogen (secondary N) is 6. The Kier molecular flexibility index (Phi) is 27.2. The van der Waals surface area contributed by atoms with Crippen LogP contribution in [-0.4, -0.2) is 201 Å². The standard InChI is InChI=1S/C62H83ClF2N10O19S/c1-32(2)52(71-59(95)68-20-22-90-24-23-89-21-18-50(79)94-75-47(76)16-17-48(75)77)55(81)69-40(14-12-19-67-58(66)84)54(80)70-41-29-38(64)37(28-39(41)65)56(82)73(7)35(5)57(83)92-46-30-49(78)74(8)42-26-36(27-43(87-9)51(42)63)25-33(3)13-11-15-45(88-10)62(86)31-44(91-60(85)72-62)34(4)53-61(46,6)93-53/h11,13,15,26-29,32,34-35,40,44-46,52-53,86H,12,14,16-25,30-31H2,1-10H3,(H,69,81)(H,70,80)(H,72,85)(H3,66,67,84)(H2,68,71,95)/b15-11+,33-13+/t34-,35+,40+,44+,45-,46+,52+,53+,61+,62+/m1/s1. The van der Waals surface area contributed by atoms with E-state index in [1.807, 2.05) is 6.92 Å². The molecule has 0 aliphatic carbocycles. The number of amides is 9. The number of hydrogen-bond acceptors (Lipinski definition) is 20. The van der Waals surface area contributed by atoms with Crippen LogP contribution in [0.3, 0.4) is 0 Å². The minimum atomic E-state index is -1.97. The maximum absolute atomic E-state index is 16.2.